The average molecular weight is 226 g/mol. The number of aromatic carboxylic acids is 1. The van der Waals surface area contributed by atoms with E-state index in [0.717, 1.165) is 11.1 Å². The lowest BCUT2D eigenvalue weighted by molar-refractivity contribution is 0.0697. The number of aryl methyl sites for hydroxylation is 2. The molecule has 0 heterocycles. The maximum atomic E-state index is 10.9. The van der Waals surface area contributed by atoms with Gasteiger partial charge >= 0.3 is 5.97 Å². The summed E-state index contributed by atoms with van der Waals surface area (Å²) in [7, 11) is 0. The highest BCUT2D eigenvalue weighted by atomic mass is 16.4. The molecule has 17 heavy (non-hydrogen) atoms. The van der Waals surface area contributed by atoms with Crippen LogP contribution in [0.2, 0.25) is 0 Å². The molecule has 2 aromatic carbocycles. The van der Waals surface area contributed by atoms with Crippen LogP contribution >= 0.6 is 0 Å². The molecule has 0 aliphatic carbocycles. The zero-order chi connectivity index (χ0) is 12.4. The van der Waals surface area contributed by atoms with Crippen molar-refractivity contribution in [3.05, 3.63) is 59.2 Å². The monoisotopic (exact) mass is 226 g/mol. The summed E-state index contributed by atoms with van der Waals surface area (Å²) in [5.41, 5.74) is 4.69. The van der Waals surface area contributed by atoms with E-state index in [1.54, 1.807) is 18.2 Å². The Morgan fingerprint density at radius 3 is 2.18 bits per heavy atom. The van der Waals surface area contributed by atoms with Gasteiger partial charge in [-0.15, -0.1) is 0 Å². The first kappa shape index (κ1) is 11.4. The summed E-state index contributed by atoms with van der Waals surface area (Å²) in [5.74, 6) is -0.892. The van der Waals surface area contributed by atoms with Gasteiger partial charge in [-0.05, 0) is 37.1 Å². The Labute approximate surface area is 101 Å². The van der Waals surface area contributed by atoms with Gasteiger partial charge in [0.05, 0.1) is 5.56 Å². The van der Waals surface area contributed by atoms with Crippen molar-refractivity contribution in [3.8, 4) is 11.1 Å². The summed E-state index contributed by atoms with van der Waals surface area (Å²) in [6.07, 6.45) is 0. The maximum absolute atomic E-state index is 10.9. The summed E-state index contributed by atoms with van der Waals surface area (Å²) in [4.78, 5) is 10.9. The fourth-order valence-corrected chi connectivity index (χ4v) is 1.97. The van der Waals surface area contributed by atoms with E-state index in [1.165, 1.54) is 11.1 Å². The molecule has 0 bridgehead atoms. The molecule has 2 rings (SSSR count). The lowest BCUT2D eigenvalue weighted by Crippen LogP contribution is -1.95. The topological polar surface area (TPSA) is 37.3 Å². The number of carbonyl (C=O) groups is 1. The third-order valence-corrected chi connectivity index (χ3v) is 2.66. The molecule has 0 amide bonds. The minimum absolute atomic E-state index is 0.321. The van der Waals surface area contributed by atoms with Crippen LogP contribution in [0.3, 0.4) is 0 Å². The summed E-state index contributed by atoms with van der Waals surface area (Å²) in [6.45, 7) is 4.08. The molecular weight excluding hydrogens is 212 g/mol. The van der Waals surface area contributed by atoms with Gasteiger partial charge < -0.3 is 5.11 Å². The molecule has 0 radical (unpaired) electrons. The van der Waals surface area contributed by atoms with Crippen LogP contribution in [-0.2, 0) is 0 Å². The van der Waals surface area contributed by atoms with Crippen LogP contribution in [0.25, 0.3) is 11.1 Å². The Kier molecular flexibility index (Phi) is 2.96. The smallest absolute Gasteiger partial charge is 0.335 e. The molecule has 0 spiro atoms. The van der Waals surface area contributed by atoms with Gasteiger partial charge in [0.25, 0.3) is 0 Å². The van der Waals surface area contributed by atoms with Gasteiger partial charge in [0, 0.05) is 0 Å². The van der Waals surface area contributed by atoms with E-state index < -0.39 is 5.97 Å². The molecule has 2 nitrogen and oxygen atoms in total. The van der Waals surface area contributed by atoms with Crippen LogP contribution in [0.15, 0.2) is 42.5 Å². The molecule has 0 aliphatic heterocycles. The number of hydrogen-bond acceptors (Lipinski definition) is 1. The van der Waals surface area contributed by atoms with Gasteiger partial charge in [-0.1, -0.05) is 41.5 Å². The third kappa shape index (κ3) is 2.53. The average Bonchev–Trinajstić information content (AvgIpc) is 2.28. The number of hydrogen-bond donors (Lipinski definition) is 1. The normalized spacial score (nSPS) is 10.2. The van der Waals surface area contributed by atoms with Gasteiger partial charge in [-0.3, -0.25) is 0 Å². The SMILES string of the molecule is Cc1cc(C)cc(-c2cccc(C(=O)O)c2)c1. The molecule has 0 atom stereocenters. The predicted octanol–water partition coefficient (Wildman–Crippen LogP) is 3.67. The fourth-order valence-electron chi connectivity index (χ4n) is 1.97. The molecule has 0 saturated heterocycles. The van der Waals surface area contributed by atoms with Crippen molar-refractivity contribution in [3.63, 3.8) is 0 Å². The Hall–Kier alpha value is -2.09. The lowest BCUT2D eigenvalue weighted by atomic mass is 9.99. The first-order valence-corrected chi connectivity index (χ1v) is 5.48. The van der Waals surface area contributed by atoms with E-state index >= 15 is 0 Å². The van der Waals surface area contributed by atoms with E-state index in [2.05, 4.69) is 18.2 Å². The second kappa shape index (κ2) is 4.42. The Balaban J connectivity index is 2.52. The van der Waals surface area contributed by atoms with Crippen LogP contribution in [0.1, 0.15) is 21.5 Å². The Bertz CT molecular complexity index is 551. The maximum Gasteiger partial charge on any atom is 0.335 e. The summed E-state index contributed by atoms with van der Waals surface area (Å²) < 4.78 is 0. The molecule has 0 unspecified atom stereocenters. The van der Waals surface area contributed by atoms with E-state index in [9.17, 15) is 4.79 Å². The zero-order valence-electron chi connectivity index (χ0n) is 9.90. The lowest BCUT2D eigenvalue weighted by Gasteiger charge is -2.06. The van der Waals surface area contributed by atoms with Crippen LogP contribution in [0.5, 0.6) is 0 Å². The van der Waals surface area contributed by atoms with E-state index in [4.69, 9.17) is 5.11 Å². The van der Waals surface area contributed by atoms with Crippen molar-refractivity contribution < 1.29 is 9.90 Å². The molecule has 2 aromatic rings. The van der Waals surface area contributed by atoms with Crippen molar-refractivity contribution in [2.75, 3.05) is 0 Å². The highest BCUT2D eigenvalue weighted by molar-refractivity contribution is 5.89. The highest BCUT2D eigenvalue weighted by Crippen LogP contribution is 2.23. The summed E-state index contributed by atoms with van der Waals surface area (Å²) in [5, 5.41) is 8.97. The quantitative estimate of drug-likeness (QED) is 0.848. The zero-order valence-corrected chi connectivity index (χ0v) is 9.90. The van der Waals surface area contributed by atoms with E-state index in [0.29, 0.717) is 5.56 Å². The van der Waals surface area contributed by atoms with Crippen LogP contribution in [0.4, 0.5) is 0 Å². The van der Waals surface area contributed by atoms with Crippen LogP contribution < -0.4 is 0 Å². The molecule has 0 aromatic heterocycles. The van der Waals surface area contributed by atoms with Gasteiger partial charge in [0.1, 0.15) is 0 Å². The molecule has 0 saturated carbocycles. The van der Waals surface area contributed by atoms with Gasteiger partial charge in [0.2, 0.25) is 0 Å². The number of carboxylic acid groups (broad SMARTS) is 1. The van der Waals surface area contributed by atoms with Gasteiger partial charge in [0.15, 0.2) is 0 Å². The summed E-state index contributed by atoms with van der Waals surface area (Å²) >= 11 is 0. The van der Waals surface area contributed by atoms with Crippen molar-refractivity contribution in [1.29, 1.82) is 0 Å². The van der Waals surface area contributed by atoms with Crippen molar-refractivity contribution in [2.24, 2.45) is 0 Å². The minimum Gasteiger partial charge on any atom is -0.478 e. The van der Waals surface area contributed by atoms with Crippen molar-refractivity contribution in [2.45, 2.75) is 13.8 Å². The summed E-state index contributed by atoms with van der Waals surface area (Å²) in [6, 6.07) is 13.2. The number of rotatable bonds is 2. The molecule has 86 valence electrons. The van der Waals surface area contributed by atoms with E-state index in [-0.39, 0.29) is 0 Å². The largest absolute Gasteiger partial charge is 0.478 e. The number of benzene rings is 2. The second-order valence-corrected chi connectivity index (χ2v) is 4.26. The predicted molar refractivity (Wildman–Crippen MR) is 68.3 cm³/mol. The van der Waals surface area contributed by atoms with Crippen molar-refractivity contribution >= 4 is 5.97 Å². The standard InChI is InChI=1S/C15H14O2/c1-10-6-11(2)8-14(7-10)12-4-3-5-13(9-12)15(16)17/h3-9H,1-2H3,(H,16,17). The number of carboxylic acids is 1. The van der Waals surface area contributed by atoms with Crippen molar-refractivity contribution in [1.82, 2.24) is 0 Å². The molecule has 0 fully saturated rings. The molecule has 2 heteroatoms. The van der Waals surface area contributed by atoms with Crippen LogP contribution in [-0.4, -0.2) is 11.1 Å². The third-order valence-electron chi connectivity index (χ3n) is 2.66. The first-order valence-electron chi connectivity index (χ1n) is 5.48. The Morgan fingerprint density at radius 1 is 0.941 bits per heavy atom. The molecule has 1 N–H and O–H groups in total. The first-order chi connectivity index (χ1) is 8.06. The van der Waals surface area contributed by atoms with Gasteiger partial charge in [-0.25, -0.2) is 4.79 Å². The fraction of sp³-hybridized carbons (Fsp3) is 0.133. The molecule has 0 aliphatic rings. The Morgan fingerprint density at radius 2 is 1.59 bits per heavy atom. The minimum atomic E-state index is -0.892. The second-order valence-electron chi connectivity index (χ2n) is 4.26. The van der Waals surface area contributed by atoms with E-state index in [1.807, 2.05) is 19.9 Å². The van der Waals surface area contributed by atoms with Gasteiger partial charge in [-0.2, -0.15) is 0 Å². The molecular formula is C15H14O2. The highest BCUT2D eigenvalue weighted by Gasteiger charge is 2.05. The van der Waals surface area contributed by atoms with Crippen LogP contribution in [0, 0.1) is 13.8 Å².